The molecule has 1 saturated carbocycles. The number of halogens is 1. The lowest BCUT2D eigenvalue weighted by Crippen LogP contribution is -2.21. The van der Waals surface area contributed by atoms with Crippen LogP contribution in [-0.4, -0.2) is 42.8 Å². The predicted octanol–water partition coefficient (Wildman–Crippen LogP) is 4.57. The molecule has 3 N–H and O–H groups in total. The number of hydrogen-bond donors (Lipinski definition) is 2. The van der Waals surface area contributed by atoms with Crippen molar-refractivity contribution in [2.75, 3.05) is 12.8 Å². The summed E-state index contributed by atoms with van der Waals surface area (Å²) >= 11 is 3.60. The Bertz CT molecular complexity index is 1350. The van der Waals surface area contributed by atoms with Crippen molar-refractivity contribution in [2.24, 2.45) is 5.92 Å². The Morgan fingerprint density at radius 1 is 1.09 bits per heavy atom. The summed E-state index contributed by atoms with van der Waals surface area (Å²) in [7, 11) is 1.58. The number of nitrogens with zero attached hydrogens (tertiary/aromatic N) is 5. The van der Waals surface area contributed by atoms with Crippen molar-refractivity contribution in [3.63, 3.8) is 0 Å². The van der Waals surface area contributed by atoms with E-state index in [9.17, 15) is 9.90 Å². The molecule has 4 aromatic rings. The van der Waals surface area contributed by atoms with Crippen LogP contribution in [0.25, 0.3) is 28.0 Å². The Morgan fingerprint density at radius 2 is 1.82 bits per heavy atom. The molecule has 1 aliphatic rings. The van der Waals surface area contributed by atoms with Gasteiger partial charge >= 0.3 is 5.97 Å². The Labute approximate surface area is 204 Å². The van der Waals surface area contributed by atoms with Gasteiger partial charge < -0.3 is 15.6 Å². The van der Waals surface area contributed by atoms with Crippen molar-refractivity contribution in [3.8, 4) is 28.3 Å². The molecule has 34 heavy (non-hydrogen) atoms. The van der Waals surface area contributed by atoms with E-state index in [4.69, 9.17) is 15.5 Å². The number of anilines is 1. The van der Waals surface area contributed by atoms with Gasteiger partial charge in [-0.15, -0.1) is 0 Å². The second kappa shape index (κ2) is 9.02. The molecule has 4 aromatic heterocycles. The number of carboxylic acid groups (broad SMARTS) is 1. The highest BCUT2D eigenvalue weighted by Crippen LogP contribution is 2.40. The van der Waals surface area contributed by atoms with Gasteiger partial charge in [-0.05, 0) is 53.7 Å². The quantitative estimate of drug-likeness (QED) is 0.390. The number of nitrogens with two attached hydrogens (primary N) is 1. The topological polar surface area (TPSA) is 129 Å². The first-order valence-electron chi connectivity index (χ1n) is 11.0. The van der Waals surface area contributed by atoms with Crippen LogP contribution in [0.1, 0.15) is 37.3 Å². The molecular formula is C24H23BrN6O3. The van der Waals surface area contributed by atoms with Crippen LogP contribution >= 0.6 is 15.9 Å². The molecule has 0 aliphatic heterocycles. The highest BCUT2D eigenvalue weighted by Gasteiger charge is 2.30. The maximum atomic E-state index is 11.3. The third-order valence-corrected chi connectivity index (χ3v) is 7.24. The largest absolute Gasteiger partial charge is 0.481 e. The highest BCUT2D eigenvalue weighted by atomic mass is 79.9. The third-order valence-electron chi connectivity index (χ3n) is 6.43. The molecule has 0 radical (unpaired) electrons. The number of hydrogen-bond acceptors (Lipinski definition) is 7. The van der Waals surface area contributed by atoms with Crippen molar-refractivity contribution in [2.45, 2.75) is 31.6 Å². The molecule has 0 amide bonds. The Hall–Kier alpha value is -3.53. The summed E-state index contributed by atoms with van der Waals surface area (Å²) < 4.78 is 7.45. The molecule has 0 spiro atoms. The van der Waals surface area contributed by atoms with Crippen LogP contribution in [0.2, 0.25) is 0 Å². The number of ether oxygens (including phenoxy) is 1. The molecule has 0 saturated heterocycles. The minimum atomic E-state index is -0.722. The van der Waals surface area contributed by atoms with E-state index in [1.807, 2.05) is 18.2 Å². The number of aliphatic carboxylic acids is 1. The molecule has 4 heterocycles. The molecule has 5 rings (SSSR count). The van der Waals surface area contributed by atoms with Gasteiger partial charge in [-0.2, -0.15) is 9.61 Å². The molecule has 1 fully saturated rings. The molecule has 9 nitrogen and oxygen atoms in total. The van der Waals surface area contributed by atoms with Crippen LogP contribution < -0.4 is 10.5 Å². The van der Waals surface area contributed by atoms with Crippen LogP contribution in [0.3, 0.4) is 0 Å². The van der Waals surface area contributed by atoms with E-state index in [-0.39, 0.29) is 11.8 Å². The molecule has 0 atom stereocenters. The van der Waals surface area contributed by atoms with Gasteiger partial charge in [0.25, 0.3) is 0 Å². The number of rotatable bonds is 5. The minimum absolute atomic E-state index is 0.142. The molecule has 0 bridgehead atoms. The summed E-state index contributed by atoms with van der Waals surface area (Å²) in [5.41, 5.74) is 11.3. The van der Waals surface area contributed by atoms with Crippen LogP contribution in [0.15, 0.2) is 47.3 Å². The van der Waals surface area contributed by atoms with Crippen LogP contribution in [-0.2, 0) is 4.79 Å². The number of pyridine rings is 2. The van der Waals surface area contributed by atoms with Gasteiger partial charge in [0.1, 0.15) is 5.82 Å². The van der Waals surface area contributed by atoms with Crippen molar-refractivity contribution in [3.05, 3.63) is 53.0 Å². The maximum absolute atomic E-state index is 11.3. The van der Waals surface area contributed by atoms with E-state index in [0.717, 1.165) is 40.9 Å². The van der Waals surface area contributed by atoms with Gasteiger partial charge in [-0.1, -0.05) is 6.07 Å². The first kappa shape index (κ1) is 22.3. The number of carboxylic acids is 1. The summed E-state index contributed by atoms with van der Waals surface area (Å²) in [6.45, 7) is 0. The zero-order valence-electron chi connectivity index (χ0n) is 18.5. The van der Waals surface area contributed by atoms with E-state index in [0.29, 0.717) is 34.7 Å². The monoisotopic (exact) mass is 522 g/mol. The summed E-state index contributed by atoms with van der Waals surface area (Å²) in [5, 5.41) is 13.8. The average molecular weight is 523 g/mol. The molecule has 1 aliphatic carbocycles. The SMILES string of the molecule is COc1ccc(-c2ccc(-c3cnn4c(N)c(Br)c([C@H]5CC[C@H](C(=O)O)CC5)nc34)cn2)cn1. The van der Waals surface area contributed by atoms with Gasteiger partial charge in [0.15, 0.2) is 5.65 Å². The van der Waals surface area contributed by atoms with Gasteiger partial charge in [0.2, 0.25) is 5.88 Å². The number of aromatic nitrogens is 5. The number of nitrogen functional groups attached to an aromatic ring is 1. The highest BCUT2D eigenvalue weighted by molar-refractivity contribution is 9.10. The Morgan fingerprint density at radius 3 is 2.44 bits per heavy atom. The number of fused-ring (bicyclic) bond motifs is 1. The minimum Gasteiger partial charge on any atom is -0.481 e. The van der Waals surface area contributed by atoms with E-state index < -0.39 is 5.97 Å². The summed E-state index contributed by atoms with van der Waals surface area (Å²) in [4.78, 5) is 25.1. The van der Waals surface area contributed by atoms with Crippen LogP contribution in [0.4, 0.5) is 5.82 Å². The lowest BCUT2D eigenvalue weighted by molar-refractivity contribution is -0.142. The fraction of sp³-hybridized carbons (Fsp3) is 0.292. The molecule has 174 valence electrons. The predicted molar refractivity (Wildman–Crippen MR) is 130 cm³/mol. The lowest BCUT2D eigenvalue weighted by Gasteiger charge is -2.26. The van der Waals surface area contributed by atoms with Crippen LogP contribution in [0, 0.1) is 5.92 Å². The molecule has 10 heteroatoms. The zero-order chi connectivity index (χ0) is 23.8. The number of methoxy groups -OCH3 is 1. The summed E-state index contributed by atoms with van der Waals surface area (Å²) in [6.07, 6.45) is 8.03. The normalized spacial score (nSPS) is 18.2. The van der Waals surface area contributed by atoms with E-state index in [2.05, 4.69) is 31.0 Å². The van der Waals surface area contributed by atoms with Crippen molar-refractivity contribution < 1.29 is 14.6 Å². The molecular weight excluding hydrogens is 500 g/mol. The van der Waals surface area contributed by atoms with E-state index >= 15 is 0 Å². The van der Waals surface area contributed by atoms with Crippen LogP contribution in [0.5, 0.6) is 5.88 Å². The van der Waals surface area contributed by atoms with Gasteiger partial charge in [-0.3, -0.25) is 9.78 Å². The standard InChI is InChI=1S/C24H23BrN6O3/c1-34-19-9-7-16(11-28-19)18-8-6-15(10-27-18)17-12-29-31-22(26)20(25)21(30-23(17)31)13-2-4-14(5-3-13)24(32)33/h6-14H,2-5,26H2,1H3,(H,32,33)/t13-,14-. The maximum Gasteiger partial charge on any atom is 0.306 e. The summed E-state index contributed by atoms with van der Waals surface area (Å²) in [5.74, 6) is 0.157. The van der Waals surface area contributed by atoms with Crippen molar-refractivity contribution in [1.29, 1.82) is 0 Å². The van der Waals surface area contributed by atoms with Gasteiger partial charge in [0, 0.05) is 41.1 Å². The third kappa shape index (κ3) is 3.98. The van der Waals surface area contributed by atoms with E-state index in [1.165, 1.54) is 0 Å². The summed E-state index contributed by atoms with van der Waals surface area (Å²) in [6, 6.07) is 7.61. The second-order valence-corrected chi connectivity index (χ2v) is 9.19. The zero-order valence-corrected chi connectivity index (χ0v) is 20.1. The van der Waals surface area contributed by atoms with Gasteiger partial charge in [0.05, 0.1) is 35.1 Å². The fourth-order valence-corrected chi connectivity index (χ4v) is 5.06. The second-order valence-electron chi connectivity index (χ2n) is 8.40. The molecule has 0 unspecified atom stereocenters. The first-order chi connectivity index (χ1) is 16.5. The number of carbonyl (C=O) groups is 1. The van der Waals surface area contributed by atoms with Crippen molar-refractivity contribution >= 4 is 33.4 Å². The van der Waals surface area contributed by atoms with Crippen molar-refractivity contribution in [1.82, 2.24) is 24.6 Å². The fourth-order valence-electron chi connectivity index (χ4n) is 4.48. The molecule has 0 aromatic carbocycles. The van der Waals surface area contributed by atoms with Gasteiger partial charge in [-0.25, -0.2) is 9.97 Å². The Balaban J connectivity index is 1.48. The smallest absolute Gasteiger partial charge is 0.306 e. The first-order valence-corrected chi connectivity index (χ1v) is 11.8. The Kier molecular flexibility index (Phi) is 5.91. The van der Waals surface area contributed by atoms with E-state index in [1.54, 1.807) is 36.3 Å². The lowest BCUT2D eigenvalue weighted by atomic mass is 9.80. The average Bonchev–Trinajstić information content (AvgIpc) is 3.30.